The molecule has 0 saturated carbocycles. The Balaban J connectivity index is 2.74. The maximum Gasteiger partial charge on any atom is 0.338 e. The molecule has 0 heterocycles. The number of hydrogen-bond donors (Lipinski definition) is 1. The van der Waals surface area contributed by atoms with Crippen molar-refractivity contribution in [2.24, 2.45) is 0 Å². The van der Waals surface area contributed by atoms with Crippen molar-refractivity contribution in [3.05, 3.63) is 42.0 Å². The van der Waals surface area contributed by atoms with Crippen LogP contribution in [0.2, 0.25) is 0 Å². The topological polar surface area (TPSA) is 38.3 Å². The molecule has 0 atom stereocenters. The third-order valence-corrected chi connectivity index (χ3v) is 2.60. The molecule has 0 bridgehead atoms. The van der Waals surface area contributed by atoms with Crippen LogP contribution in [-0.4, -0.2) is 20.1 Å². The number of ether oxygens (including phenoxy) is 1. The SMILES string of the molecule is CNc1ccc(C(=O)OC)c2ccccc12. The monoisotopic (exact) mass is 215 g/mol. The Bertz CT molecular complexity index is 534. The smallest absolute Gasteiger partial charge is 0.338 e. The highest BCUT2D eigenvalue weighted by Crippen LogP contribution is 2.26. The van der Waals surface area contributed by atoms with Gasteiger partial charge in [-0.05, 0) is 17.5 Å². The number of benzene rings is 2. The number of carbonyl (C=O) groups is 1. The van der Waals surface area contributed by atoms with E-state index in [4.69, 9.17) is 4.74 Å². The Kier molecular flexibility index (Phi) is 2.77. The van der Waals surface area contributed by atoms with Gasteiger partial charge < -0.3 is 10.1 Å². The second-order valence-electron chi connectivity index (χ2n) is 3.45. The van der Waals surface area contributed by atoms with Gasteiger partial charge in [0, 0.05) is 18.1 Å². The Hall–Kier alpha value is -2.03. The summed E-state index contributed by atoms with van der Waals surface area (Å²) >= 11 is 0. The summed E-state index contributed by atoms with van der Waals surface area (Å²) in [6, 6.07) is 11.4. The predicted octanol–water partition coefficient (Wildman–Crippen LogP) is 2.67. The lowest BCUT2D eigenvalue weighted by atomic mass is 10.0. The van der Waals surface area contributed by atoms with Crippen LogP contribution in [0, 0.1) is 0 Å². The van der Waals surface area contributed by atoms with Crippen LogP contribution in [0.4, 0.5) is 5.69 Å². The van der Waals surface area contributed by atoms with Crippen LogP contribution in [0.5, 0.6) is 0 Å². The van der Waals surface area contributed by atoms with E-state index in [0.717, 1.165) is 16.5 Å². The van der Waals surface area contributed by atoms with Crippen molar-refractivity contribution in [1.82, 2.24) is 0 Å². The molecule has 0 unspecified atom stereocenters. The lowest BCUT2D eigenvalue weighted by molar-refractivity contribution is 0.0603. The summed E-state index contributed by atoms with van der Waals surface area (Å²) < 4.78 is 4.76. The van der Waals surface area contributed by atoms with Gasteiger partial charge in [0.1, 0.15) is 0 Å². The molecular formula is C13H13NO2. The largest absolute Gasteiger partial charge is 0.465 e. The van der Waals surface area contributed by atoms with Gasteiger partial charge in [-0.15, -0.1) is 0 Å². The number of fused-ring (bicyclic) bond motifs is 1. The van der Waals surface area contributed by atoms with Gasteiger partial charge in [0.05, 0.1) is 12.7 Å². The zero-order valence-corrected chi connectivity index (χ0v) is 9.28. The minimum Gasteiger partial charge on any atom is -0.465 e. The lowest BCUT2D eigenvalue weighted by Crippen LogP contribution is -2.03. The molecule has 82 valence electrons. The molecule has 0 fully saturated rings. The van der Waals surface area contributed by atoms with Crippen molar-refractivity contribution < 1.29 is 9.53 Å². The van der Waals surface area contributed by atoms with Crippen LogP contribution < -0.4 is 5.32 Å². The molecule has 0 aliphatic heterocycles. The first kappa shape index (κ1) is 10.5. The van der Waals surface area contributed by atoms with Crippen molar-refractivity contribution >= 4 is 22.4 Å². The van der Waals surface area contributed by atoms with Crippen molar-refractivity contribution in [2.45, 2.75) is 0 Å². The minimum atomic E-state index is -0.307. The molecule has 16 heavy (non-hydrogen) atoms. The highest BCUT2D eigenvalue weighted by molar-refractivity contribution is 6.08. The Morgan fingerprint density at radius 2 is 1.81 bits per heavy atom. The Labute approximate surface area is 94.0 Å². The van der Waals surface area contributed by atoms with E-state index in [1.807, 2.05) is 37.4 Å². The fourth-order valence-electron chi connectivity index (χ4n) is 1.81. The zero-order valence-electron chi connectivity index (χ0n) is 9.28. The maximum atomic E-state index is 11.6. The van der Waals surface area contributed by atoms with Crippen LogP contribution in [0.3, 0.4) is 0 Å². The molecule has 3 nitrogen and oxygen atoms in total. The van der Waals surface area contributed by atoms with Crippen LogP contribution in [0.25, 0.3) is 10.8 Å². The molecular weight excluding hydrogens is 202 g/mol. The minimum absolute atomic E-state index is 0.307. The molecule has 0 aliphatic carbocycles. The molecule has 3 heteroatoms. The first-order valence-electron chi connectivity index (χ1n) is 5.05. The second-order valence-corrected chi connectivity index (χ2v) is 3.45. The van der Waals surface area contributed by atoms with Crippen LogP contribution >= 0.6 is 0 Å². The number of hydrogen-bond acceptors (Lipinski definition) is 3. The summed E-state index contributed by atoms with van der Waals surface area (Å²) in [6.07, 6.45) is 0. The van der Waals surface area contributed by atoms with Crippen molar-refractivity contribution in [2.75, 3.05) is 19.5 Å². The molecule has 2 aromatic rings. The van der Waals surface area contributed by atoms with Crippen molar-refractivity contribution in [3.8, 4) is 0 Å². The number of esters is 1. The van der Waals surface area contributed by atoms with Gasteiger partial charge in [0.15, 0.2) is 0 Å². The molecule has 0 spiro atoms. The molecule has 0 amide bonds. The fraction of sp³-hybridized carbons (Fsp3) is 0.154. The fourth-order valence-corrected chi connectivity index (χ4v) is 1.81. The highest BCUT2D eigenvalue weighted by Gasteiger charge is 2.11. The Morgan fingerprint density at radius 1 is 1.12 bits per heavy atom. The van der Waals surface area contributed by atoms with E-state index in [9.17, 15) is 4.79 Å². The van der Waals surface area contributed by atoms with Crippen LogP contribution in [-0.2, 0) is 4.74 Å². The van der Waals surface area contributed by atoms with E-state index in [2.05, 4.69) is 5.32 Å². The summed E-state index contributed by atoms with van der Waals surface area (Å²) in [5, 5.41) is 5.03. The van der Waals surface area contributed by atoms with E-state index < -0.39 is 0 Å². The van der Waals surface area contributed by atoms with E-state index in [1.165, 1.54) is 7.11 Å². The maximum absolute atomic E-state index is 11.6. The average Bonchev–Trinajstić information content (AvgIpc) is 2.36. The van der Waals surface area contributed by atoms with E-state index >= 15 is 0 Å². The first-order chi connectivity index (χ1) is 7.77. The predicted molar refractivity (Wildman–Crippen MR) is 64.8 cm³/mol. The standard InChI is InChI=1S/C13H13NO2/c1-14-12-8-7-11(13(15)16-2)9-5-3-4-6-10(9)12/h3-8,14H,1-2H3. The van der Waals surface area contributed by atoms with Crippen LogP contribution in [0.1, 0.15) is 10.4 Å². The zero-order chi connectivity index (χ0) is 11.5. The quantitative estimate of drug-likeness (QED) is 0.783. The third kappa shape index (κ3) is 1.60. The molecule has 2 aromatic carbocycles. The van der Waals surface area contributed by atoms with Gasteiger partial charge in [-0.2, -0.15) is 0 Å². The number of carbonyl (C=O) groups excluding carboxylic acids is 1. The molecule has 0 aromatic heterocycles. The molecule has 0 radical (unpaired) electrons. The van der Waals surface area contributed by atoms with Gasteiger partial charge in [0.2, 0.25) is 0 Å². The Morgan fingerprint density at radius 3 is 2.44 bits per heavy atom. The molecule has 0 aliphatic rings. The highest BCUT2D eigenvalue weighted by atomic mass is 16.5. The lowest BCUT2D eigenvalue weighted by Gasteiger charge is -2.09. The molecule has 2 rings (SSSR count). The van der Waals surface area contributed by atoms with Gasteiger partial charge in [-0.3, -0.25) is 0 Å². The molecule has 1 N–H and O–H groups in total. The summed E-state index contributed by atoms with van der Waals surface area (Å²) in [6.45, 7) is 0. The second kappa shape index (κ2) is 4.23. The normalized spacial score (nSPS) is 10.1. The summed E-state index contributed by atoms with van der Waals surface area (Å²) in [4.78, 5) is 11.6. The average molecular weight is 215 g/mol. The number of rotatable bonds is 2. The summed E-state index contributed by atoms with van der Waals surface area (Å²) in [5.74, 6) is -0.307. The third-order valence-electron chi connectivity index (χ3n) is 2.60. The van der Waals surface area contributed by atoms with Gasteiger partial charge in [-0.25, -0.2) is 4.79 Å². The number of methoxy groups -OCH3 is 1. The first-order valence-corrected chi connectivity index (χ1v) is 5.05. The number of anilines is 1. The van der Waals surface area contributed by atoms with E-state index in [-0.39, 0.29) is 5.97 Å². The van der Waals surface area contributed by atoms with Crippen LogP contribution in [0.15, 0.2) is 36.4 Å². The van der Waals surface area contributed by atoms with Gasteiger partial charge in [0.25, 0.3) is 0 Å². The van der Waals surface area contributed by atoms with E-state index in [0.29, 0.717) is 5.56 Å². The summed E-state index contributed by atoms with van der Waals surface area (Å²) in [7, 11) is 3.25. The van der Waals surface area contributed by atoms with Gasteiger partial charge >= 0.3 is 5.97 Å². The van der Waals surface area contributed by atoms with Crippen molar-refractivity contribution in [1.29, 1.82) is 0 Å². The number of nitrogens with one attached hydrogen (secondary N) is 1. The summed E-state index contributed by atoms with van der Waals surface area (Å²) in [5.41, 5.74) is 1.60. The van der Waals surface area contributed by atoms with Crippen molar-refractivity contribution in [3.63, 3.8) is 0 Å². The molecule has 0 saturated heterocycles. The van der Waals surface area contributed by atoms with Gasteiger partial charge in [-0.1, -0.05) is 24.3 Å². The van der Waals surface area contributed by atoms with E-state index in [1.54, 1.807) is 6.07 Å².